The Kier molecular flexibility index (Phi) is 6.63. The van der Waals surface area contributed by atoms with Crippen LogP contribution < -0.4 is 24.6 Å². The van der Waals surface area contributed by atoms with Gasteiger partial charge in [-0.3, -0.25) is 4.79 Å². The van der Waals surface area contributed by atoms with E-state index in [1.807, 2.05) is 24.3 Å². The molecule has 2 aliphatic rings. The molecule has 1 fully saturated rings. The van der Waals surface area contributed by atoms with E-state index in [0.29, 0.717) is 6.54 Å². The molecule has 3 aromatic rings. The van der Waals surface area contributed by atoms with Crippen LogP contribution in [0.3, 0.4) is 0 Å². The number of ether oxygens (including phenoxy) is 2. The van der Waals surface area contributed by atoms with E-state index in [4.69, 9.17) is 9.47 Å². The number of para-hydroxylation sites is 2. The van der Waals surface area contributed by atoms with Gasteiger partial charge in [0, 0.05) is 42.8 Å². The van der Waals surface area contributed by atoms with Crippen molar-refractivity contribution in [2.75, 3.05) is 50.2 Å². The lowest BCUT2D eigenvalue weighted by molar-refractivity contribution is -0.125. The van der Waals surface area contributed by atoms with Crippen LogP contribution in [0, 0.1) is 5.92 Å². The normalized spacial score (nSPS) is 19.2. The highest BCUT2D eigenvalue weighted by Gasteiger charge is 2.42. The lowest BCUT2D eigenvalue weighted by atomic mass is 9.83. The van der Waals surface area contributed by atoms with Crippen molar-refractivity contribution >= 4 is 28.6 Å². The lowest BCUT2D eigenvalue weighted by Crippen LogP contribution is -2.61. The molecule has 0 unspecified atom stereocenters. The number of nitrogens with one attached hydrogen (secondary N) is 1. The maximum Gasteiger partial charge on any atom is 0.225 e. The fraction of sp³-hybridized carbons (Fsp3) is 0.370. The molecule has 0 saturated carbocycles. The Bertz CT molecular complexity index is 1130. The van der Waals surface area contributed by atoms with E-state index in [1.165, 1.54) is 16.1 Å². The Balaban J connectivity index is 1.40. The number of carbonyl (C=O) groups excluding carboxylic acids is 1. The summed E-state index contributed by atoms with van der Waals surface area (Å²) in [6, 6.07) is 18.6. The zero-order valence-corrected chi connectivity index (χ0v) is 20.5. The van der Waals surface area contributed by atoms with Crippen molar-refractivity contribution in [3.05, 3.63) is 70.4 Å². The van der Waals surface area contributed by atoms with Gasteiger partial charge in [-0.1, -0.05) is 24.3 Å². The molecule has 7 heteroatoms. The molecule has 2 atom stereocenters. The topological polar surface area (TPSA) is 54.0 Å². The highest BCUT2D eigenvalue weighted by atomic mass is 32.1. The third-order valence-electron chi connectivity index (χ3n) is 6.94. The largest absolute Gasteiger partial charge is 0.497 e. The summed E-state index contributed by atoms with van der Waals surface area (Å²) in [6.45, 7) is 3.12. The van der Waals surface area contributed by atoms with Crippen LogP contribution in [0.25, 0.3) is 0 Å². The van der Waals surface area contributed by atoms with Crippen LogP contribution in [0.4, 0.5) is 11.4 Å². The average molecular weight is 478 g/mol. The number of hydrogen-bond donors (Lipinski definition) is 1. The van der Waals surface area contributed by atoms with Crippen molar-refractivity contribution in [3.8, 4) is 11.5 Å². The second-order valence-corrected chi connectivity index (χ2v) is 9.84. The number of thiophene rings is 1. The predicted molar refractivity (Wildman–Crippen MR) is 138 cm³/mol. The molecular formula is C27H31N3O3S. The Labute approximate surface area is 205 Å². The summed E-state index contributed by atoms with van der Waals surface area (Å²) < 4.78 is 11.1. The van der Waals surface area contributed by atoms with Gasteiger partial charge in [-0.15, -0.1) is 11.3 Å². The molecule has 178 valence electrons. The van der Waals surface area contributed by atoms with Crippen molar-refractivity contribution in [1.29, 1.82) is 0 Å². The smallest absolute Gasteiger partial charge is 0.225 e. The number of fused-ring (bicyclic) bond motifs is 3. The number of hydrogen-bond acceptors (Lipinski definition) is 6. The van der Waals surface area contributed by atoms with Crippen LogP contribution >= 0.6 is 11.3 Å². The van der Waals surface area contributed by atoms with Gasteiger partial charge < -0.3 is 24.6 Å². The molecule has 1 N–H and O–H groups in total. The number of carbonyl (C=O) groups is 1. The number of piperazine rings is 1. The molecule has 1 amide bonds. The molecule has 0 radical (unpaired) electrons. The van der Waals surface area contributed by atoms with Crippen molar-refractivity contribution in [2.24, 2.45) is 5.92 Å². The van der Waals surface area contributed by atoms with Crippen molar-refractivity contribution in [3.63, 3.8) is 0 Å². The summed E-state index contributed by atoms with van der Waals surface area (Å²) in [5.41, 5.74) is 3.48. The van der Waals surface area contributed by atoms with Gasteiger partial charge in [0.1, 0.15) is 11.5 Å². The zero-order chi connectivity index (χ0) is 23.5. The molecule has 6 nitrogen and oxygen atoms in total. The Morgan fingerprint density at radius 1 is 1.06 bits per heavy atom. The van der Waals surface area contributed by atoms with Gasteiger partial charge in [0.15, 0.2) is 0 Å². The number of benzene rings is 2. The van der Waals surface area contributed by atoms with Crippen LogP contribution in [0.5, 0.6) is 11.5 Å². The SMILES string of the molecule is COc1ccc2c(c1)N1CCN(c3ccccc3OC)C[C@H]1[C@@H](C(=O)NCCc1cccs1)C2. The van der Waals surface area contributed by atoms with Crippen molar-refractivity contribution in [1.82, 2.24) is 5.32 Å². The van der Waals surface area contributed by atoms with E-state index in [0.717, 1.165) is 49.7 Å². The fourth-order valence-corrected chi connectivity index (χ4v) is 5.92. The highest BCUT2D eigenvalue weighted by molar-refractivity contribution is 7.09. The standard InChI is InChI=1S/C27H31N3O3S/c1-32-20-10-9-19-16-22(27(31)28-12-11-21-6-5-15-34-21)25-18-29(13-14-30(25)24(19)17-20)23-7-3-4-8-26(23)33-2/h3-10,15,17,22,25H,11-14,16,18H2,1-2H3,(H,28,31)/t22-,25-/m0/s1. The number of rotatable bonds is 7. The summed E-state index contributed by atoms with van der Waals surface area (Å²) in [5, 5.41) is 5.31. The average Bonchev–Trinajstić information content (AvgIpc) is 3.41. The molecule has 0 spiro atoms. The molecule has 1 saturated heterocycles. The molecule has 0 bridgehead atoms. The summed E-state index contributed by atoms with van der Waals surface area (Å²) in [4.78, 5) is 19.5. The lowest BCUT2D eigenvalue weighted by Gasteiger charge is -2.49. The van der Waals surface area contributed by atoms with Crippen LogP contribution in [-0.4, -0.2) is 52.3 Å². The first kappa shape index (κ1) is 22.6. The summed E-state index contributed by atoms with van der Waals surface area (Å²) in [6.07, 6.45) is 1.59. The fourth-order valence-electron chi connectivity index (χ4n) is 5.21. The molecule has 2 aliphatic heterocycles. The minimum atomic E-state index is -0.123. The molecular weight excluding hydrogens is 446 g/mol. The third kappa shape index (κ3) is 4.44. The van der Waals surface area contributed by atoms with Gasteiger partial charge in [0.05, 0.1) is 31.9 Å². The van der Waals surface area contributed by atoms with Gasteiger partial charge >= 0.3 is 0 Å². The molecule has 34 heavy (non-hydrogen) atoms. The van der Waals surface area contributed by atoms with Crippen LogP contribution in [0.1, 0.15) is 10.4 Å². The van der Waals surface area contributed by atoms with Crippen LogP contribution in [-0.2, 0) is 17.6 Å². The number of nitrogens with zero attached hydrogens (tertiary/aromatic N) is 2. The monoisotopic (exact) mass is 477 g/mol. The van der Waals surface area contributed by atoms with Gasteiger partial charge in [0.2, 0.25) is 5.91 Å². The van der Waals surface area contributed by atoms with Crippen molar-refractivity contribution in [2.45, 2.75) is 18.9 Å². The molecule has 5 rings (SSSR count). The van der Waals surface area contributed by atoms with Gasteiger partial charge in [0.25, 0.3) is 0 Å². The van der Waals surface area contributed by atoms with Gasteiger partial charge in [-0.25, -0.2) is 0 Å². The molecule has 0 aliphatic carbocycles. The maximum absolute atomic E-state index is 13.5. The van der Waals surface area contributed by atoms with E-state index in [2.05, 4.69) is 50.8 Å². The maximum atomic E-state index is 13.5. The first-order valence-corrected chi connectivity index (χ1v) is 12.7. The van der Waals surface area contributed by atoms with Gasteiger partial charge in [-0.05, 0) is 48.1 Å². The molecule has 3 heterocycles. The summed E-state index contributed by atoms with van der Waals surface area (Å²) in [5.74, 6) is 1.73. The first-order chi connectivity index (χ1) is 16.7. The minimum Gasteiger partial charge on any atom is -0.497 e. The third-order valence-corrected chi connectivity index (χ3v) is 7.87. The number of amides is 1. The van der Waals surface area contributed by atoms with Crippen LogP contribution in [0.15, 0.2) is 60.0 Å². The Morgan fingerprint density at radius 3 is 2.74 bits per heavy atom. The minimum absolute atomic E-state index is 0.0695. The van der Waals surface area contributed by atoms with E-state index in [-0.39, 0.29) is 17.9 Å². The first-order valence-electron chi connectivity index (χ1n) is 11.8. The summed E-state index contributed by atoms with van der Waals surface area (Å²) >= 11 is 1.73. The number of anilines is 2. The van der Waals surface area contributed by atoms with Crippen molar-refractivity contribution < 1.29 is 14.3 Å². The highest BCUT2D eigenvalue weighted by Crippen LogP contribution is 2.40. The molecule has 1 aromatic heterocycles. The van der Waals surface area contributed by atoms with E-state index in [1.54, 1.807) is 25.6 Å². The van der Waals surface area contributed by atoms with E-state index < -0.39 is 0 Å². The Morgan fingerprint density at radius 2 is 1.94 bits per heavy atom. The van der Waals surface area contributed by atoms with E-state index in [9.17, 15) is 4.79 Å². The number of methoxy groups -OCH3 is 2. The van der Waals surface area contributed by atoms with E-state index >= 15 is 0 Å². The zero-order valence-electron chi connectivity index (χ0n) is 19.7. The molecule has 2 aromatic carbocycles. The van der Waals surface area contributed by atoms with Crippen LogP contribution in [0.2, 0.25) is 0 Å². The summed E-state index contributed by atoms with van der Waals surface area (Å²) in [7, 11) is 3.41. The Hall–Kier alpha value is -3.19. The second kappa shape index (κ2) is 9.97. The predicted octanol–water partition coefficient (Wildman–Crippen LogP) is 3.99. The second-order valence-electron chi connectivity index (χ2n) is 8.80. The van der Waals surface area contributed by atoms with Gasteiger partial charge in [-0.2, -0.15) is 0 Å². The quantitative estimate of drug-likeness (QED) is 0.558.